The third kappa shape index (κ3) is 2.57. The lowest BCUT2D eigenvalue weighted by Gasteiger charge is -2.10. The minimum Gasteiger partial charge on any atom is -0.497 e. The first kappa shape index (κ1) is 12.5. The third-order valence-corrected chi connectivity index (χ3v) is 3.30. The first-order chi connectivity index (χ1) is 9.86. The maximum absolute atomic E-state index is 5.18. The number of benzene rings is 1. The Morgan fingerprint density at radius 2 is 1.90 bits per heavy atom. The SMILES string of the molecule is COc1ccc(Cn2cccc2-c2cccnc2)cc1. The molecule has 1 aromatic carbocycles. The predicted octanol–water partition coefficient (Wildman–Crippen LogP) is 3.61. The van der Waals surface area contributed by atoms with Crippen LogP contribution in [0.25, 0.3) is 11.3 Å². The van der Waals surface area contributed by atoms with Crippen molar-refractivity contribution >= 4 is 0 Å². The van der Waals surface area contributed by atoms with E-state index in [2.05, 4.69) is 46.1 Å². The molecule has 0 saturated heterocycles. The summed E-state index contributed by atoms with van der Waals surface area (Å²) in [5.41, 5.74) is 3.55. The lowest BCUT2D eigenvalue weighted by atomic mass is 10.2. The first-order valence-electron chi connectivity index (χ1n) is 6.55. The Bertz CT molecular complexity index is 672. The molecule has 20 heavy (non-hydrogen) atoms. The monoisotopic (exact) mass is 264 g/mol. The smallest absolute Gasteiger partial charge is 0.118 e. The molecule has 0 fully saturated rings. The van der Waals surface area contributed by atoms with Gasteiger partial charge in [-0.05, 0) is 42.0 Å². The van der Waals surface area contributed by atoms with Gasteiger partial charge in [-0.15, -0.1) is 0 Å². The van der Waals surface area contributed by atoms with Crippen LogP contribution in [0.15, 0.2) is 67.1 Å². The summed E-state index contributed by atoms with van der Waals surface area (Å²) >= 11 is 0. The highest BCUT2D eigenvalue weighted by atomic mass is 16.5. The van der Waals surface area contributed by atoms with E-state index < -0.39 is 0 Å². The molecule has 2 aromatic heterocycles. The van der Waals surface area contributed by atoms with Crippen LogP contribution in [0.5, 0.6) is 5.75 Å². The number of aromatic nitrogens is 2. The van der Waals surface area contributed by atoms with Crippen LogP contribution in [0.1, 0.15) is 5.56 Å². The van der Waals surface area contributed by atoms with Crippen molar-refractivity contribution in [2.45, 2.75) is 6.54 Å². The van der Waals surface area contributed by atoms with Crippen LogP contribution >= 0.6 is 0 Å². The third-order valence-electron chi connectivity index (χ3n) is 3.30. The summed E-state index contributed by atoms with van der Waals surface area (Å²) in [6.45, 7) is 0.835. The average Bonchev–Trinajstić information content (AvgIpc) is 2.97. The maximum Gasteiger partial charge on any atom is 0.118 e. The summed E-state index contributed by atoms with van der Waals surface area (Å²) in [4.78, 5) is 4.18. The van der Waals surface area contributed by atoms with E-state index in [0.29, 0.717) is 0 Å². The second-order valence-corrected chi connectivity index (χ2v) is 4.61. The van der Waals surface area contributed by atoms with Crippen molar-refractivity contribution in [2.75, 3.05) is 7.11 Å². The Kier molecular flexibility index (Phi) is 3.50. The molecule has 0 unspecified atom stereocenters. The van der Waals surface area contributed by atoms with Gasteiger partial charge in [0.25, 0.3) is 0 Å². The molecule has 0 aliphatic carbocycles. The summed E-state index contributed by atoms with van der Waals surface area (Å²) in [5.74, 6) is 0.883. The molecule has 0 bridgehead atoms. The molecule has 0 aliphatic rings. The van der Waals surface area contributed by atoms with E-state index in [0.717, 1.165) is 17.9 Å². The van der Waals surface area contributed by atoms with Crippen molar-refractivity contribution in [3.8, 4) is 17.0 Å². The van der Waals surface area contributed by atoms with Gasteiger partial charge in [0.15, 0.2) is 0 Å². The molecular formula is C17H16N2O. The van der Waals surface area contributed by atoms with E-state index in [1.165, 1.54) is 11.3 Å². The van der Waals surface area contributed by atoms with E-state index in [4.69, 9.17) is 4.74 Å². The molecule has 0 amide bonds. The number of ether oxygens (including phenoxy) is 1. The fourth-order valence-electron chi connectivity index (χ4n) is 2.26. The summed E-state index contributed by atoms with van der Waals surface area (Å²) in [6, 6.07) is 16.4. The number of nitrogens with zero attached hydrogens (tertiary/aromatic N) is 2. The Balaban J connectivity index is 1.86. The molecule has 0 aliphatic heterocycles. The van der Waals surface area contributed by atoms with Crippen molar-refractivity contribution in [3.05, 3.63) is 72.7 Å². The Hall–Kier alpha value is -2.55. The van der Waals surface area contributed by atoms with Crippen molar-refractivity contribution in [3.63, 3.8) is 0 Å². The Morgan fingerprint density at radius 1 is 1.05 bits per heavy atom. The van der Waals surface area contributed by atoms with Crippen molar-refractivity contribution in [1.82, 2.24) is 9.55 Å². The highest BCUT2D eigenvalue weighted by Gasteiger charge is 2.04. The van der Waals surface area contributed by atoms with Crippen LogP contribution in [0, 0.1) is 0 Å². The summed E-state index contributed by atoms with van der Waals surface area (Å²) in [5, 5.41) is 0. The van der Waals surface area contributed by atoms with Gasteiger partial charge in [0.1, 0.15) is 5.75 Å². The second-order valence-electron chi connectivity index (χ2n) is 4.61. The van der Waals surface area contributed by atoms with Crippen LogP contribution < -0.4 is 4.74 Å². The number of hydrogen-bond donors (Lipinski definition) is 0. The van der Waals surface area contributed by atoms with Gasteiger partial charge < -0.3 is 9.30 Å². The quantitative estimate of drug-likeness (QED) is 0.720. The molecule has 0 saturated carbocycles. The van der Waals surface area contributed by atoms with Gasteiger partial charge in [-0.25, -0.2) is 0 Å². The second kappa shape index (κ2) is 5.61. The van der Waals surface area contributed by atoms with Gasteiger partial charge in [0.2, 0.25) is 0 Å². The molecule has 0 N–H and O–H groups in total. The molecule has 0 spiro atoms. The molecular weight excluding hydrogens is 248 g/mol. The van der Waals surface area contributed by atoms with E-state index in [1.807, 2.05) is 24.4 Å². The largest absolute Gasteiger partial charge is 0.497 e. The minimum absolute atomic E-state index is 0.835. The van der Waals surface area contributed by atoms with E-state index >= 15 is 0 Å². The van der Waals surface area contributed by atoms with Gasteiger partial charge in [0.05, 0.1) is 7.11 Å². The fraction of sp³-hybridized carbons (Fsp3) is 0.118. The minimum atomic E-state index is 0.835. The van der Waals surface area contributed by atoms with E-state index in [-0.39, 0.29) is 0 Å². The highest BCUT2D eigenvalue weighted by molar-refractivity contribution is 5.58. The standard InChI is InChI=1S/C17H16N2O/c1-20-16-8-6-14(7-9-16)13-19-11-3-5-17(19)15-4-2-10-18-12-15/h2-12H,13H2,1H3. The lowest BCUT2D eigenvalue weighted by molar-refractivity contribution is 0.414. The predicted molar refractivity (Wildman–Crippen MR) is 79.8 cm³/mol. The normalized spacial score (nSPS) is 10.4. The van der Waals surface area contributed by atoms with Crippen molar-refractivity contribution in [1.29, 1.82) is 0 Å². The molecule has 2 heterocycles. The topological polar surface area (TPSA) is 27.1 Å². The zero-order chi connectivity index (χ0) is 13.8. The van der Waals surface area contributed by atoms with Crippen LogP contribution in [-0.4, -0.2) is 16.7 Å². The number of rotatable bonds is 4. The zero-order valence-electron chi connectivity index (χ0n) is 11.4. The summed E-state index contributed by atoms with van der Waals surface area (Å²) < 4.78 is 7.40. The van der Waals surface area contributed by atoms with Crippen molar-refractivity contribution < 1.29 is 4.74 Å². The first-order valence-corrected chi connectivity index (χ1v) is 6.55. The van der Waals surface area contributed by atoms with E-state index in [9.17, 15) is 0 Å². The maximum atomic E-state index is 5.18. The van der Waals surface area contributed by atoms with Gasteiger partial charge in [-0.3, -0.25) is 4.98 Å². The van der Waals surface area contributed by atoms with Gasteiger partial charge in [-0.1, -0.05) is 12.1 Å². The molecule has 3 aromatic rings. The average molecular weight is 264 g/mol. The molecule has 3 heteroatoms. The molecule has 100 valence electrons. The van der Waals surface area contributed by atoms with Crippen LogP contribution in [-0.2, 0) is 6.54 Å². The van der Waals surface area contributed by atoms with E-state index in [1.54, 1.807) is 13.3 Å². The molecule has 0 atom stereocenters. The highest BCUT2D eigenvalue weighted by Crippen LogP contribution is 2.20. The summed E-state index contributed by atoms with van der Waals surface area (Å²) in [6.07, 6.45) is 5.77. The van der Waals surface area contributed by atoms with Crippen LogP contribution in [0.2, 0.25) is 0 Å². The Morgan fingerprint density at radius 3 is 2.60 bits per heavy atom. The van der Waals surface area contributed by atoms with Crippen LogP contribution in [0.4, 0.5) is 0 Å². The molecule has 3 rings (SSSR count). The zero-order valence-corrected chi connectivity index (χ0v) is 11.4. The fourth-order valence-corrected chi connectivity index (χ4v) is 2.26. The molecule has 3 nitrogen and oxygen atoms in total. The number of pyridine rings is 1. The number of methoxy groups -OCH3 is 1. The van der Waals surface area contributed by atoms with Crippen molar-refractivity contribution in [2.24, 2.45) is 0 Å². The van der Waals surface area contributed by atoms with Gasteiger partial charge in [-0.2, -0.15) is 0 Å². The van der Waals surface area contributed by atoms with Gasteiger partial charge >= 0.3 is 0 Å². The van der Waals surface area contributed by atoms with Gasteiger partial charge in [0, 0.05) is 36.4 Å². The number of hydrogen-bond acceptors (Lipinski definition) is 2. The Labute approximate surface area is 118 Å². The summed E-state index contributed by atoms with van der Waals surface area (Å²) in [7, 11) is 1.68. The van der Waals surface area contributed by atoms with Crippen LogP contribution in [0.3, 0.4) is 0 Å². The molecule has 0 radical (unpaired) electrons. The lowest BCUT2D eigenvalue weighted by Crippen LogP contribution is -2.00.